The number of likely N-dealkylation sites (tertiary alicyclic amines) is 1. The van der Waals surface area contributed by atoms with Crippen LogP contribution in [0, 0.1) is 13.8 Å². The quantitative estimate of drug-likeness (QED) is 0.838. The van der Waals surface area contributed by atoms with Gasteiger partial charge in [-0.2, -0.15) is 0 Å². The summed E-state index contributed by atoms with van der Waals surface area (Å²) in [6.45, 7) is 8.81. The molecular weight excluding hydrogens is 286 g/mol. The maximum absolute atomic E-state index is 10.9. The van der Waals surface area contributed by atoms with Gasteiger partial charge in [0, 0.05) is 24.5 Å². The molecular formula is C15H25N3O2S. The number of rotatable bonds is 7. The van der Waals surface area contributed by atoms with E-state index in [0.29, 0.717) is 6.54 Å². The minimum Gasteiger partial charge on any atom is -0.481 e. The molecule has 1 aliphatic rings. The van der Waals surface area contributed by atoms with Crippen molar-refractivity contribution in [2.45, 2.75) is 39.5 Å². The Morgan fingerprint density at radius 1 is 1.29 bits per heavy atom. The fourth-order valence-corrected chi connectivity index (χ4v) is 3.53. The number of anilines is 1. The fraction of sp³-hybridized carbons (Fsp3) is 0.733. The molecule has 0 spiro atoms. The van der Waals surface area contributed by atoms with Crippen LogP contribution in [0.4, 0.5) is 5.13 Å². The molecule has 1 aliphatic heterocycles. The van der Waals surface area contributed by atoms with Gasteiger partial charge in [-0.05, 0) is 39.8 Å². The Morgan fingerprint density at radius 2 is 2.00 bits per heavy atom. The van der Waals surface area contributed by atoms with E-state index in [1.807, 2.05) is 6.92 Å². The van der Waals surface area contributed by atoms with Gasteiger partial charge in [0.25, 0.3) is 0 Å². The van der Waals surface area contributed by atoms with E-state index in [2.05, 4.69) is 21.7 Å². The summed E-state index contributed by atoms with van der Waals surface area (Å²) >= 11 is 1.66. The van der Waals surface area contributed by atoms with E-state index in [4.69, 9.17) is 5.11 Å². The minimum atomic E-state index is -0.747. The SMILES string of the molecule is Cc1nc(N(CCC(=O)O)CCN2CCCCC2)sc1C. The first kappa shape index (κ1) is 16.2. The fourth-order valence-electron chi connectivity index (χ4n) is 2.57. The van der Waals surface area contributed by atoms with Crippen molar-refractivity contribution in [3.05, 3.63) is 10.6 Å². The van der Waals surface area contributed by atoms with Crippen LogP contribution in [0.25, 0.3) is 0 Å². The van der Waals surface area contributed by atoms with Crippen LogP contribution in [0.15, 0.2) is 0 Å². The van der Waals surface area contributed by atoms with E-state index in [0.717, 1.165) is 23.9 Å². The summed E-state index contributed by atoms with van der Waals surface area (Å²) in [6, 6.07) is 0. The largest absolute Gasteiger partial charge is 0.481 e. The van der Waals surface area contributed by atoms with Gasteiger partial charge in [0.05, 0.1) is 12.1 Å². The molecule has 0 unspecified atom stereocenters. The molecule has 1 aromatic rings. The summed E-state index contributed by atoms with van der Waals surface area (Å²) in [4.78, 5) is 21.3. The molecule has 2 rings (SSSR count). The van der Waals surface area contributed by atoms with Crippen molar-refractivity contribution in [2.75, 3.05) is 37.6 Å². The Morgan fingerprint density at radius 3 is 2.57 bits per heavy atom. The van der Waals surface area contributed by atoms with Crippen molar-refractivity contribution in [1.29, 1.82) is 0 Å². The van der Waals surface area contributed by atoms with Crippen LogP contribution in [-0.2, 0) is 4.79 Å². The number of carboxylic acid groups (broad SMARTS) is 1. The number of nitrogens with zero attached hydrogens (tertiary/aromatic N) is 3. The molecule has 2 heterocycles. The summed E-state index contributed by atoms with van der Waals surface area (Å²) in [5.74, 6) is -0.747. The van der Waals surface area contributed by atoms with Crippen LogP contribution < -0.4 is 4.90 Å². The molecule has 1 saturated heterocycles. The van der Waals surface area contributed by atoms with Crippen molar-refractivity contribution >= 4 is 22.4 Å². The average Bonchev–Trinajstić information content (AvgIpc) is 2.79. The molecule has 0 saturated carbocycles. The normalized spacial score (nSPS) is 16.1. The van der Waals surface area contributed by atoms with E-state index in [9.17, 15) is 4.79 Å². The number of hydrogen-bond donors (Lipinski definition) is 1. The lowest BCUT2D eigenvalue weighted by molar-refractivity contribution is -0.136. The van der Waals surface area contributed by atoms with Crippen LogP contribution in [0.2, 0.25) is 0 Å². The van der Waals surface area contributed by atoms with E-state index in [1.165, 1.54) is 37.2 Å². The van der Waals surface area contributed by atoms with Gasteiger partial charge in [-0.3, -0.25) is 4.79 Å². The zero-order chi connectivity index (χ0) is 15.2. The molecule has 5 nitrogen and oxygen atoms in total. The Kier molecular flexibility index (Phi) is 5.99. The van der Waals surface area contributed by atoms with Crippen molar-refractivity contribution in [3.8, 4) is 0 Å². The molecule has 0 aromatic carbocycles. The van der Waals surface area contributed by atoms with E-state index >= 15 is 0 Å². The first-order valence-corrected chi connectivity index (χ1v) is 8.51. The number of carbonyl (C=O) groups is 1. The summed E-state index contributed by atoms with van der Waals surface area (Å²) in [5.41, 5.74) is 1.05. The summed E-state index contributed by atoms with van der Waals surface area (Å²) in [5, 5.41) is 9.89. The van der Waals surface area contributed by atoms with Crippen LogP contribution in [-0.4, -0.2) is 53.7 Å². The zero-order valence-corrected chi connectivity index (χ0v) is 13.8. The number of piperidine rings is 1. The second-order valence-corrected chi connectivity index (χ2v) is 6.85. The molecule has 0 bridgehead atoms. The third-order valence-corrected chi connectivity index (χ3v) is 5.15. The van der Waals surface area contributed by atoms with E-state index < -0.39 is 5.97 Å². The Hall–Kier alpha value is -1.14. The Labute approximate surface area is 130 Å². The van der Waals surface area contributed by atoms with Crippen LogP contribution in [0.1, 0.15) is 36.3 Å². The second-order valence-electron chi connectivity index (χ2n) is 5.67. The molecule has 0 amide bonds. The van der Waals surface area contributed by atoms with Crippen LogP contribution in [0.5, 0.6) is 0 Å². The van der Waals surface area contributed by atoms with Gasteiger partial charge in [-0.25, -0.2) is 4.98 Å². The Balaban J connectivity index is 1.95. The van der Waals surface area contributed by atoms with Gasteiger partial charge in [0.15, 0.2) is 5.13 Å². The lowest BCUT2D eigenvalue weighted by atomic mass is 10.1. The molecule has 118 valence electrons. The zero-order valence-electron chi connectivity index (χ0n) is 13.0. The van der Waals surface area contributed by atoms with Gasteiger partial charge < -0.3 is 14.9 Å². The monoisotopic (exact) mass is 311 g/mol. The number of thiazole rings is 1. The molecule has 21 heavy (non-hydrogen) atoms. The average molecular weight is 311 g/mol. The number of aryl methyl sites for hydroxylation is 2. The van der Waals surface area contributed by atoms with E-state index in [1.54, 1.807) is 11.3 Å². The number of aliphatic carboxylic acids is 1. The molecule has 0 radical (unpaired) electrons. The first-order chi connectivity index (χ1) is 10.1. The van der Waals surface area contributed by atoms with Crippen molar-refractivity contribution in [3.63, 3.8) is 0 Å². The molecule has 1 aromatic heterocycles. The molecule has 0 aliphatic carbocycles. The van der Waals surface area contributed by atoms with Crippen LogP contribution >= 0.6 is 11.3 Å². The highest BCUT2D eigenvalue weighted by molar-refractivity contribution is 7.15. The van der Waals surface area contributed by atoms with Gasteiger partial charge in [-0.15, -0.1) is 11.3 Å². The standard InChI is InChI=1S/C15H25N3O2S/c1-12-13(2)21-15(16-12)18(9-6-14(19)20)11-10-17-7-4-3-5-8-17/h3-11H2,1-2H3,(H,19,20). The lowest BCUT2D eigenvalue weighted by Crippen LogP contribution is -2.38. The Bertz CT molecular complexity index is 450. The van der Waals surface area contributed by atoms with Gasteiger partial charge >= 0.3 is 5.97 Å². The predicted octanol–water partition coefficient (Wildman–Crippen LogP) is 2.53. The minimum absolute atomic E-state index is 0.164. The lowest BCUT2D eigenvalue weighted by Gasteiger charge is -2.29. The summed E-state index contributed by atoms with van der Waals surface area (Å²) < 4.78 is 0. The molecule has 1 N–H and O–H groups in total. The van der Waals surface area contributed by atoms with Gasteiger partial charge in [0.2, 0.25) is 0 Å². The first-order valence-electron chi connectivity index (χ1n) is 7.69. The third-order valence-electron chi connectivity index (χ3n) is 4.02. The highest BCUT2D eigenvalue weighted by atomic mass is 32.1. The van der Waals surface area contributed by atoms with Crippen molar-refractivity contribution in [2.24, 2.45) is 0 Å². The smallest absolute Gasteiger partial charge is 0.305 e. The third kappa shape index (κ3) is 4.97. The van der Waals surface area contributed by atoms with Crippen LogP contribution in [0.3, 0.4) is 0 Å². The molecule has 0 atom stereocenters. The van der Waals surface area contributed by atoms with Gasteiger partial charge in [0.1, 0.15) is 0 Å². The number of hydrogen-bond acceptors (Lipinski definition) is 5. The number of aromatic nitrogens is 1. The van der Waals surface area contributed by atoms with Crippen molar-refractivity contribution < 1.29 is 9.90 Å². The highest BCUT2D eigenvalue weighted by Gasteiger charge is 2.16. The predicted molar refractivity (Wildman–Crippen MR) is 86.3 cm³/mol. The molecule has 1 fully saturated rings. The maximum atomic E-state index is 10.9. The van der Waals surface area contributed by atoms with Crippen molar-refractivity contribution in [1.82, 2.24) is 9.88 Å². The van der Waals surface area contributed by atoms with E-state index in [-0.39, 0.29) is 6.42 Å². The molecule has 6 heteroatoms. The summed E-state index contributed by atoms with van der Waals surface area (Å²) in [6.07, 6.45) is 4.07. The van der Waals surface area contributed by atoms with Gasteiger partial charge in [-0.1, -0.05) is 6.42 Å². The highest BCUT2D eigenvalue weighted by Crippen LogP contribution is 2.25. The topological polar surface area (TPSA) is 56.7 Å². The second kappa shape index (κ2) is 7.75. The maximum Gasteiger partial charge on any atom is 0.305 e. The summed E-state index contributed by atoms with van der Waals surface area (Å²) in [7, 11) is 0. The number of carboxylic acids is 1.